The molecule has 6 aliphatic rings. The number of aromatic nitrogens is 1. The van der Waals surface area contributed by atoms with Gasteiger partial charge in [-0.3, -0.25) is 29.0 Å². The van der Waals surface area contributed by atoms with Gasteiger partial charge >= 0.3 is 18.0 Å². The van der Waals surface area contributed by atoms with Crippen LogP contribution in [0.3, 0.4) is 0 Å². The van der Waals surface area contributed by atoms with Crippen molar-refractivity contribution in [1.29, 1.82) is 0 Å². The maximum Gasteiger partial charge on any atom is 0.415 e. The minimum Gasteiger partial charge on any atom is -0.480 e. The Morgan fingerprint density at radius 3 is 2.27 bits per heavy atom. The number of carboxylic acids is 2. The van der Waals surface area contributed by atoms with Gasteiger partial charge in [0.05, 0.1) is 22.4 Å². The fourth-order valence-corrected chi connectivity index (χ4v) is 17.6. The lowest BCUT2D eigenvalue weighted by Crippen LogP contribution is -2.58. The highest BCUT2D eigenvalue weighted by Gasteiger charge is 2.63. The second-order valence-corrected chi connectivity index (χ2v) is 28.3. The van der Waals surface area contributed by atoms with Gasteiger partial charge in [-0.2, -0.15) is 0 Å². The zero-order valence-electron chi connectivity index (χ0n) is 50.4. The van der Waals surface area contributed by atoms with Crippen LogP contribution in [0.5, 0.6) is 5.75 Å². The van der Waals surface area contributed by atoms with E-state index in [1.807, 2.05) is 0 Å². The van der Waals surface area contributed by atoms with Crippen molar-refractivity contribution in [1.82, 2.24) is 25.4 Å². The Labute approximate surface area is 501 Å². The molecule has 1 aliphatic heterocycles. The summed E-state index contributed by atoms with van der Waals surface area (Å²) in [6, 6.07) is 3.01. The van der Waals surface area contributed by atoms with Crippen molar-refractivity contribution in [2.45, 2.75) is 182 Å². The van der Waals surface area contributed by atoms with Crippen molar-refractivity contribution in [2.75, 3.05) is 39.0 Å². The van der Waals surface area contributed by atoms with Gasteiger partial charge in [0.1, 0.15) is 21.8 Å². The predicted molar refractivity (Wildman–Crippen MR) is 321 cm³/mol. The Balaban J connectivity index is 0.797. The monoisotopic (exact) mass is 1200 g/mol. The van der Waals surface area contributed by atoms with Crippen molar-refractivity contribution < 1.29 is 63.5 Å². The molecule has 2 aromatic rings. The van der Waals surface area contributed by atoms with E-state index in [-0.39, 0.29) is 128 Å². The van der Waals surface area contributed by atoms with E-state index >= 15 is 0 Å². The average Bonchev–Trinajstić information content (AvgIpc) is 1.35. The number of hydrogen-bond acceptors (Lipinski definition) is 15. The third-order valence-corrected chi connectivity index (χ3v) is 22.7. The number of rotatable bonds is 24. The molecule has 3 unspecified atom stereocenters. The van der Waals surface area contributed by atoms with Gasteiger partial charge in [-0.25, -0.2) is 19.4 Å². The van der Waals surface area contributed by atoms with E-state index in [2.05, 4.69) is 41.4 Å². The number of allylic oxidation sites excluding steroid dienone is 4. The number of aliphatic carboxylic acids is 2. The van der Waals surface area contributed by atoms with Crippen molar-refractivity contribution in [3.05, 3.63) is 45.5 Å². The summed E-state index contributed by atoms with van der Waals surface area (Å²) < 4.78 is 6.56. The topological polar surface area (TPSA) is 282 Å². The van der Waals surface area contributed by atoms with Crippen LogP contribution in [0.1, 0.15) is 163 Å². The van der Waals surface area contributed by atoms with Crippen LogP contribution in [0.4, 0.5) is 4.79 Å². The van der Waals surface area contributed by atoms with Gasteiger partial charge in [0.25, 0.3) is 0 Å². The van der Waals surface area contributed by atoms with Crippen LogP contribution in [0.2, 0.25) is 0 Å². The van der Waals surface area contributed by atoms with Crippen LogP contribution in [-0.2, 0) is 33.6 Å². The Morgan fingerprint density at radius 1 is 0.845 bits per heavy atom. The van der Waals surface area contributed by atoms with Crippen LogP contribution in [-0.4, -0.2) is 151 Å². The number of Topliss-reactive ketones (excluding diaryl/α,β-unsaturated/α-hetero) is 2. The molecule has 5 aliphatic carbocycles. The predicted octanol–water partition coefficient (Wildman–Crippen LogP) is 8.77. The molecule has 1 aromatic carbocycles. The lowest BCUT2D eigenvalue weighted by molar-refractivity contribution is -0.174. The number of benzene rings is 1. The Kier molecular flexibility index (Phi) is 20.4. The number of aliphatic imine (C=N–C) groups is 1. The summed E-state index contributed by atoms with van der Waals surface area (Å²) in [5, 5.41) is 48.3. The molecule has 19 nitrogen and oxygen atoms in total. The maximum atomic E-state index is 14.0. The molecular formula is C63H88N6O13S2. The average molecular weight is 1200 g/mol. The first-order valence-electron chi connectivity index (χ1n) is 30.3. The molecule has 84 heavy (non-hydrogen) atoms. The number of carboxylic acid groups (broad SMARTS) is 2. The fourth-order valence-electron chi connectivity index (χ4n) is 15.5. The van der Waals surface area contributed by atoms with Crippen LogP contribution < -0.4 is 15.4 Å². The first-order valence-corrected chi connectivity index (χ1v) is 32.1. The van der Waals surface area contributed by atoms with E-state index in [9.17, 15) is 58.8 Å². The van der Waals surface area contributed by atoms with Crippen molar-refractivity contribution in [3.8, 4) is 5.75 Å². The van der Waals surface area contributed by atoms with Gasteiger partial charge in [-0.05, 0) is 163 Å². The summed E-state index contributed by atoms with van der Waals surface area (Å²) in [5.74, 6) is -0.823. The van der Waals surface area contributed by atoms with Crippen LogP contribution in [0.25, 0.3) is 10.2 Å². The van der Waals surface area contributed by atoms with Crippen molar-refractivity contribution >= 4 is 85.7 Å². The van der Waals surface area contributed by atoms with E-state index in [1.165, 1.54) is 32.9 Å². The van der Waals surface area contributed by atoms with Crippen molar-refractivity contribution in [2.24, 2.45) is 56.7 Å². The number of nitrogens with zero attached hydrogens (tertiary/aromatic N) is 4. The first kappa shape index (κ1) is 64.5. The number of likely N-dealkylation sites (N-methyl/N-ethyl adjacent to an activating group) is 1. The molecular weight excluding hydrogens is 1110 g/mol. The number of unbranched alkanes of at least 4 members (excludes halogenated alkanes) is 1. The first-order chi connectivity index (χ1) is 39.6. The summed E-state index contributed by atoms with van der Waals surface area (Å²) in [6.45, 7) is 15.9. The number of carbonyl (C=O) groups excluding carboxylic acids is 6. The van der Waals surface area contributed by atoms with Gasteiger partial charge in [0, 0.05) is 92.0 Å². The highest BCUT2D eigenvalue weighted by Crippen LogP contribution is 2.68. The number of amides is 4. The molecule has 4 saturated carbocycles. The standard InChI is InChI=1S/C63H88N6O13S2/c1-34(41-17-18-42-52-43(22-24-63(41,42)8)62(7)23-21-39(70)29-38(62)30-47(52)71)15-20-50(73)65-45(58(77)78)13-10-11-25-64-49(72)14-12-26-69(28-27-68(9)51(74)32-61(5,6)53-37(4)54(75)35(2)36(3)55(53)76)60(81)82-40-16-19-44-48(31-40)84-57(66-44)56-67-46(33-83-56)59(79)80/h16,19,31,34,38-39,41-43,45-47,52,70-71H,10-15,17-18,20-30,32-33H2,1-9H3,(H,64,72)(H,65,73)(H,77,78)(H,79,80)/t34?,38-,39+,41+,42-,43-,45?,46?,47-,52-,62-,63+/m0/s1. The summed E-state index contributed by atoms with van der Waals surface area (Å²) in [5.41, 5.74) is 1.22. The minimum atomic E-state index is -1.12. The molecule has 4 amide bonds. The SMILES string of the molecule is CC1=C(C)C(=O)C(C(C)(C)CC(=O)N(C)CCN(CCCC(=O)NCCCCC(NC(=O)CCC(C)[C@H]2CC[C@H]3[C@@H]4[C@@H](O)C[C@@H]5C[C@H](O)CC[C@]5(C)[C@H]4CC[C@]23C)C(=O)O)C(=O)Oc2ccc3nc(C4=NC(C(=O)O)CS4)sc3c2)=C(C)C1=O. The third-order valence-electron chi connectivity index (χ3n) is 20.5. The largest absolute Gasteiger partial charge is 0.480 e. The normalized spacial score (nSPS) is 28.4. The highest BCUT2D eigenvalue weighted by molar-refractivity contribution is 8.15. The van der Waals surface area contributed by atoms with Crippen LogP contribution in [0.15, 0.2) is 45.5 Å². The molecule has 21 heteroatoms. The molecule has 6 N–H and O–H groups in total. The number of aliphatic hydroxyl groups is 2. The Morgan fingerprint density at radius 2 is 1.56 bits per heavy atom. The zero-order valence-corrected chi connectivity index (χ0v) is 52.1. The number of carbonyl (C=O) groups is 8. The third kappa shape index (κ3) is 14.0. The number of nitrogens with one attached hydrogen (secondary N) is 2. The Bertz CT molecular complexity index is 2990. The number of thiazole rings is 1. The second kappa shape index (κ2) is 26.6. The van der Waals surface area contributed by atoms with E-state index in [0.717, 1.165) is 51.4 Å². The second-order valence-electron chi connectivity index (χ2n) is 26.3. The summed E-state index contributed by atoms with van der Waals surface area (Å²) >= 11 is 2.60. The van der Waals surface area contributed by atoms with Crippen molar-refractivity contribution in [3.63, 3.8) is 0 Å². The lowest BCUT2D eigenvalue weighted by Gasteiger charge is -2.62. The van der Waals surface area contributed by atoms with E-state index < -0.39 is 35.5 Å². The summed E-state index contributed by atoms with van der Waals surface area (Å²) in [6.07, 6.45) is 8.52. The Hall–Kier alpha value is -5.51. The van der Waals surface area contributed by atoms with Crippen LogP contribution in [0, 0.1) is 51.8 Å². The maximum absolute atomic E-state index is 14.0. The summed E-state index contributed by atoms with van der Waals surface area (Å²) in [7, 11) is 1.59. The number of thioether (sulfide) groups is 1. The molecule has 1 aromatic heterocycles. The molecule has 0 bridgehead atoms. The molecule has 8 rings (SSSR count). The number of ketones is 2. The van der Waals surface area contributed by atoms with Crippen LogP contribution >= 0.6 is 23.1 Å². The van der Waals surface area contributed by atoms with E-state index in [1.54, 1.807) is 59.9 Å². The molecule has 0 radical (unpaired) electrons. The molecule has 0 saturated heterocycles. The van der Waals surface area contributed by atoms with Gasteiger partial charge in [0.2, 0.25) is 17.7 Å². The quantitative estimate of drug-likeness (QED) is 0.0423. The number of fused-ring (bicyclic) bond motifs is 6. The molecule has 2 heterocycles. The van der Waals surface area contributed by atoms with Gasteiger partial charge in [-0.15, -0.1) is 23.1 Å². The minimum absolute atomic E-state index is 0.0269. The van der Waals surface area contributed by atoms with Gasteiger partial charge in [0.15, 0.2) is 17.6 Å². The van der Waals surface area contributed by atoms with E-state index in [4.69, 9.17) is 4.74 Å². The smallest absolute Gasteiger partial charge is 0.415 e. The number of aliphatic hydroxyl groups excluding tert-OH is 2. The lowest BCUT2D eigenvalue weighted by atomic mass is 9.43. The summed E-state index contributed by atoms with van der Waals surface area (Å²) in [4.78, 5) is 116. The number of ether oxygens (including phenoxy) is 1. The molecule has 4 fully saturated rings. The number of hydrogen-bond donors (Lipinski definition) is 6. The molecule has 12 atom stereocenters. The van der Waals surface area contributed by atoms with Gasteiger partial charge in [-0.1, -0.05) is 34.6 Å². The molecule has 460 valence electrons. The highest BCUT2D eigenvalue weighted by atomic mass is 32.2. The fraction of sp³-hybridized carbons (Fsp3) is 0.683. The zero-order chi connectivity index (χ0) is 61.2. The molecule has 0 spiro atoms. The van der Waals surface area contributed by atoms with Gasteiger partial charge < -0.3 is 45.6 Å². The van der Waals surface area contributed by atoms with E-state index in [0.29, 0.717) is 91.2 Å².